The molecular weight excluding hydrogens is 339 g/mol. The van der Waals surface area contributed by atoms with E-state index in [0.29, 0.717) is 18.6 Å². The van der Waals surface area contributed by atoms with Gasteiger partial charge in [-0.1, -0.05) is 0 Å². The molecule has 5 heteroatoms. The maximum atomic E-state index is 8.12. The molecule has 0 saturated heterocycles. The maximum absolute atomic E-state index is 8.12. The zero-order valence-electron chi connectivity index (χ0n) is 4.59. The molecule has 0 saturated carbocycles. The Bertz CT molecular complexity index is 68.3. The average molecular weight is 347 g/mol. The fourth-order valence-corrected chi connectivity index (χ4v) is 0.433. The third kappa shape index (κ3) is 7.12. The molecule has 0 heterocycles. The Kier molecular flexibility index (Phi) is 12.0. The van der Waals surface area contributed by atoms with Crippen LogP contribution >= 0.6 is 24.3 Å². The Morgan fingerprint density at radius 2 is 2.38 bits per heavy atom. The number of hydrogen-bond donors (Lipinski definition) is 1. The Labute approximate surface area is 78.4 Å². The van der Waals surface area contributed by atoms with Crippen LogP contribution < -0.4 is 0 Å². The molecule has 0 amide bonds. The van der Waals surface area contributed by atoms with Gasteiger partial charge in [0.1, 0.15) is 0 Å². The van der Waals surface area contributed by atoms with Crippen LogP contribution in [0.15, 0.2) is 0 Å². The fourth-order valence-electron chi connectivity index (χ4n) is 0.144. The van der Waals surface area contributed by atoms with Gasteiger partial charge < -0.3 is 9.29 Å². The van der Waals surface area contributed by atoms with Crippen LogP contribution in [0.3, 0.4) is 0 Å². The van der Waals surface area contributed by atoms with Gasteiger partial charge in [-0.15, -0.1) is 0 Å². The Morgan fingerprint density at radius 3 is 2.50 bits per heavy atom. The van der Waals surface area contributed by atoms with Gasteiger partial charge in [0.2, 0.25) is 4.38 Å². The normalized spacial score (nSPS) is 7.25. The van der Waals surface area contributed by atoms with Crippen LogP contribution in [0.1, 0.15) is 6.92 Å². The number of thiocarbonyl (C=S) groups is 1. The van der Waals surface area contributed by atoms with Crippen LogP contribution in [0.25, 0.3) is 0 Å². The van der Waals surface area contributed by atoms with Gasteiger partial charge in [0.05, 0.1) is 18.6 Å². The molecule has 0 aliphatic carbocycles. The van der Waals surface area contributed by atoms with E-state index in [1.807, 2.05) is 6.92 Å². The second-order valence-electron chi connectivity index (χ2n) is 0.774. The molecule has 1 N–H and O–H groups in total. The molecule has 48 valence electrons. The molecular formula is C3H8O2PbS2. The summed E-state index contributed by atoms with van der Waals surface area (Å²) in [5.74, 6) is 0. The van der Waals surface area contributed by atoms with Gasteiger partial charge in [0.25, 0.3) is 0 Å². The van der Waals surface area contributed by atoms with Crippen LogP contribution in [-0.2, 0) is 4.74 Å². The van der Waals surface area contributed by atoms with Crippen LogP contribution in [0.2, 0.25) is 0 Å². The average Bonchev–Trinajstić information content (AvgIpc) is 1.68. The van der Waals surface area contributed by atoms with Crippen molar-refractivity contribution in [2.75, 3.05) is 6.61 Å². The molecule has 0 unspecified atom stereocenters. The Morgan fingerprint density at radius 1 is 1.88 bits per heavy atom. The van der Waals surface area contributed by atoms with Crippen molar-refractivity contribution in [2.24, 2.45) is 0 Å². The minimum absolute atomic E-state index is 0. The Balaban J connectivity index is 0. The summed E-state index contributed by atoms with van der Waals surface area (Å²) in [4.78, 5) is 0. The molecule has 0 rings (SSSR count). The second kappa shape index (κ2) is 8.12. The second-order valence-corrected chi connectivity index (χ2v) is 1.96. The van der Waals surface area contributed by atoms with E-state index in [2.05, 4.69) is 17.0 Å². The van der Waals surface area contributed by atoms with E-state index < -0.39 is 0 Å². The summed E-state index contributed by atoms with van der Waals surface area (Å²) in [6.45, 7) is 2.33. The van der Waals surface area contributed by atoms with Crippen LogP contribution in [0, 0.1) is 0 Å². The number of rotatable bonds is 1. The van der Waals surface area contributed by atoms with E-state index in [-0.39, 0.29) is 31.7 Å². The van der Waals surface area contributed by atoms with E-state index in [1.165, 1.54) is 0 Å². The van der Waals surface area contributed by atoms with Crippen molar-refractivity contribution in [3.8, 4) is 0 Å². The van der Waals surface area contributed by atoms with Crippen molar-refractivity contribution >= 4 is 55.9 Å². The molecule has 2 radical (unpaired) electrons. The standard InChI is InChI=1S/C3H6O2S2.Pb.2H/c1-2-5-3(6)7-4;;;/h4H,2H2,1H3;;;. The summed E-state index contributed by atoms with van der Waals surface area (Å²) < 4.78 is 12.9. The molecule has 0 aromatic carbocycles. The number of hydrogen-bond acceptors (Lipinski definition) is 4. The van der Waals surface area contributed by atoms with E-state index >= 15 is 0 Å². The molecule has 0 aliphatic heterocycles. The first-order valence-corrected chi connectivity index (χ1v) is 2.97. The van der Waals surface area contributed by atoms with Crippen LogP contribution in [-0.4, -0.2) is 42.8 Å². The quantitative estimate of drug-likeness (QED) is 0.427. The number of ether oxygens (including phenoxy) is 1. The minimum atomic E-state index is 0. The molecule has 0 spiro atoms. The fraction of sp³-hybridized carbons (Fsp3) is 0.667. The van der Waals surface area contributed by atoms with E-state index in [9.17, 15) is 0 Å². The summed E-state index contributed by atoms with van der Waals surface area (Å²) in [6, 6.07) is 0. The predicted molar refractivity (Wildman–Crippen MR) is 43.0 cm³/mol. The van der Waals surface area contributed by atoms with Crippen molar-refractivity contribution in [3.05, 3.63) is 0 Å². The molecule has 0 aliphatic rings. The van der Waals surface area contributed by atoms with E-state index in [0.717, 1.165) is 0 Å². The monoisotopic (exact) mass is 348 g/mol. The van der Waals surface area contributed by atoms with Gasteiger partial charge in [-0.25, -0.2) is 0 Å². The first-order valence-electron chi connectivity index (χ1n) is 1.79. The summed E-state index contributed by atoms with van der Waals surface area (Å²) in [6.07, 6.45) is 0. The summed E-state index contributed by atoms with van der Waals surface area (Å²) >= 11 is 4.90. The summed E-state index contributed by atoms with van der Waals surface area (Å²) in [7, 11) is 0. The van der Waals surface area contributed by atoms with Crippen molar-refractivity contribution < 1.29 is 9.29 Å². The van der Waals surface area contributed by atoms with E-state index in [1.54, 1.807) is 0 Å². The molecule has 8 heavy (non-hydrogen) atoms. The van der Waals surface area contributed by atoms with Crippen molar-refractivity contribution in [2.45, 2.75) is 6.92 Å². The van der Waals surface area contributed by atoms with Crippen LogP contribution in [0.4, 0.5) is 0 Å². The third-order valence-corrected chi connectivity index (χ3v) is 0.945. The molecule has 0 aromatic rings. The van der Waals surface area contributed by atoms with Gasteiger partial charge in [-0.2, -0.15) is 0 Å². The molecule has 0 aromatic heterocycles. The predicted octanol–water partition coefficient (Wildman–Crippen LogP) is 0.598. The molecule has 0 bridgehead atoms. The summed E-state index contributed by atoms with van der Waals surface area (Å²) in [5.41, 5.74) is 0. The van der Waals surface area contributed by atoms with Crippen molar-refractivity contribution in [1.29, 1.82) is 0 Å². The first kappa shape index (κ1) is 11.9. The van der Waals surface area contributed by atoms with Crippen molar-refractivity contribution in [1.82, 2.24) is 0 Å². The van der Waals surface area contributed by atoms with Gasteiger partial charge in [-0.05, 0) is 19.1 Å². The van der Waals surface area contributed by atoms with Gasteiger partial charge in [0.15, 0.2) is 0 Å². The Hall–Kier alpha value is 1.12. The van der Waals surface area contributed by atoms with Gasteiger partial charge >= 0.3 is 27.3 Å². The topological polar surface area (TPSA) is 29.5 Å². The molecule has 0 atom stereocenters. The zero-order valence-corrected chi connectivity index (χ0v) is 11.7. The van der Waals surface area contributed by atoms with Crippen molar-refractivity contribution in [3.63, 3.8) is 0 Å². The molecule has 2 nitrogen and oxygen atoms in total. The zero-order chi connectivity index (χ0) is 5.70. The summed E-state index contributed by atoms with van der Waals surface area (Å²) in [5, 5.41) is 0. The first-order chi connectivity index (χ1) is 3.31. The van der Waals surface area contributed by atoms with E-state index in [4.69, 9.17) is 4.55 Å². The van der Waals surface area contributed by atoms with Gasteiger partial charge in [-0.3, -0.25) is 0 Å². The van der Waals surface area contributed by atoms with Gasteiger partial charge in [0, 0.05) is 0 Å². The molecule has 0 fully saturated rings. The van der Waals surface area contributed by atoms with Crippen LogP contribution in [0.5, 0.6) is 0 Å². The SMILES string of the molecule is CCOC(=S)SO.[PbH2]. The third-order valence-electron chi connectivity index (χ3n) is 0.337.